The number of rotatable bonds is 1. The molecule has 66 valence electrons. The normalized spacial score (nSPS) is 45.8. The quantitative estimate of drug-likeness (QED) is 0.343. The first-order valence-electron chi connectivity index (χ1n) is 3.43. The second-order valence-electron chi connectivity index (χ2n) is 2.60. The molecule has 1 unspecified atom stereocenters. The molecule has 0 aromatic carbocycles. The van der Waals surface area contributed by atoms with Gasteiger partial charge in [-0.15, -0.1) is 0 Å². The number of hydrogen-bond donors (Lipinski definition) is 4. The topological polar surface area (TPSA) is 90.2 Å². The van der Waals surface area contributed by atoms with Crippen LogP contribution in [-0.4, -0.2) is 58.1 Å². The first-order chi connectivity index (χ1) is 5.16. The van der Waals surface area contributed by atoms with E-state index in [9.17, 15) is 0 Å². The van der Waals surface area contributed by atoms with Gasteiger partial charge >= 0.3 is 0 Å². The SMILES string of the molecule is OCC1OC[C@@H](O)[C@@H](O)[C@@H]1O. The molecule has 1 fully saturated rings. The van der Waals surface area contributed by atoms with Crippen LogP contribution in [0.1, 0.15) is 0 Å². The first-order valence-corrected chi connectivity index (χ1v) is 3.43. The van der Waals surface area contributed by atoms with Crippen molar-refractivity contribution in [3.8, 4) is 0 Å². The maximum Gasteiger partial charge on any atom is 0.111 e. The van der Waals surface area contributed by atoms with Crippen molar-refractivity contribution in [2.24, 2.45) is 0 Å². The molecule has 4 N–H and O–H groups in total. The van der Waals surface area contributed by atoms with Crippen LogP contribution in [0.5, 0.6) is 0 Å². The van der Waals surface area contributed by atoms with E-state index in [0.717, 1.165) is 0 Å². The van der Waals surface area contributed by atoms with Gasteiger partial charge in [-0.1, -0.05) is 0 Å². The van der Waals surface area contributed by atoms with Gasteiger partial charge in [0.05, 0.1) is 13.2 Å². The van der Waals surface area contributed by atoms with Gasteiger partial charge in [0, 0.05) is 0 Å². The molecule has 1 saturated heterocycles. The van der Waals surface area contributed by atoms with E-state index in [1.165, 1.54) is 0 Å². The number of ether oxygens (including phenoxy) is 1. The molecule has 0 spiro atoms. The lowest BCUT2D eigenvalue weighted by atomic mass is 10.0. The Morgan fingerprint density at radius 3 is 2.36 bits per heavy atom. The van der Waals surface area contributed by atoms with E-state index < -0.39 is 24.4 Å². The van der Waals surface area contributed by atoms with Crippen LogP contribution in [0.15, 0.2) is 0 Å². The van der Waals surface area contributed by atoms with E-state index >= 15 is 0 Å². The zero-order chi connectivity index (χ0) is 8.43. The third kappa shape index (κ3) is 1.69. The molecule has 1 rings (SSSR count). The molecule has 1 aliphatic rings. The smallest absolute Gasteiger partial charge is 0.111 e. The predicted octanol–water partition coefficient (Wildman–Crippen LogP) is -2.54. The maximum atomic E-state index is 9.11. The van der Waals surface area contributed by atoms with Gasteiger partial charge in [0.25, 0.3) is 0 Å². The van der Waals surface area contributed by atoms with Crippen LogP contribution < -0.4 is 0 Å². The van der Waals surface area contributed by atoms with Gasteiger partial charge in [0.2, 0.25) is 0 Å². The molecule has 0 radical (unpaired) electrons. The number of hydrogen-bond acceptors (Lipinski definition) is 5. The van der Waals surface area contributed by atoms with Crippen LogP contribution in [0.2, 0.25) is 0 Å². The van der Waals surface area contributed by atoms with E-state index in [-0.39, 0.29) is 13.2 Å². The monoisotopic (exact) mass is 164 g/mol. The zero-order valence-corrected chi connectivity index (χ0v) is 5.92. The van der Waals surface area contributed by atoms with E-state index in [1.54, 1.807) is 0 Å². The van der Waals surface area contributed by atoms with Gasteiger partial charge in [0.1, 0.15) is 24.4 Å². The number of aliphatic hydroxyl groups excluding tert-OH is 4. The van der Waals surface area contributed by atoms with Crippen LogP contribution in [0.3, 0.4) is 0 Å². The average Bonchev–Trinajstić information content (AvgIpc) is 2.01. The molecule has 5 nitrogen and oxygen atoms in total. The standard InChI is InChI=1S/C6H12O5/c7-1-4-6(10)5(9)3(8)2-11-4/h3-10H,1-2H2/t3-,4?,5-,6-/m1/s1. The molecule has 1 heterocycles. The van der Waals surface area contributed by atoms with Crippen molar-refractivity contribution in [2.45, 2.75) is 24.4 Å². The van der Waals surface area contributed by atoms with Crippen LogP contribution in [0, 0.1) is 0 Å². The van der Waals surface area contributed by atoms with Gasteiger partial charge in [-0.3, -0.25) is 0 Å². The van der Waals surface area contributed by atoms with E-state index in [2.05, 4.69) is 0 Å². The van der Waals surface area contributed by atoms with Crippen molar-refractivity contribution in [3.63, 3.8) is 0 Å². The van der Waals surface area contributed by atoms with Gasteiger partial charge in [-0.25, -0.2) is 0 Å². The second-order valence-corrected chi connectivity index (χ2v) is 2.60. The van der Waals surface area contributed by atoms with Crippen LogP contribution in [0.4, 0.5) is 0 Å². The highest BCUT2D eigenvalue weighted by Gasteiger charge is 2.36. The minimum Gasteiger partial charge on any atom is -0.394 e. The fraction of sp³-hybridized carbons (Fsp3) is 1.00. The van der Waals surface area contributed by atoms with E-state index in [4.69, 9.17) is 25.2 Å². The van der Waals surface area contributed by atoms with Gasteiger partial charge in [-0.05, 0) is 0 Å². The Balaban J connectivity index is 2.52. The fourth-order valence-electron chi connectivity index (χ4n) is 1.03. The highest BCUT2D eigenvalue weighted by molar-refractivity contribution is 4.85. The molecule has 0 aliphatic carbocycles. The predicted molar refractivity (Wildman–Crippen MR) is 34.8 cm³/mol. The van der Waals surface area contributed by atoms with Crippen molar-refractivity contribution in [1.82, 2.24) is 0 Å². The average molecular weight is 164 g/mol. The summed E-state index contributed by atoms with van der Waals surface area (Å²) >= 11 is 0. The lowest BCUT2D eigenvalue weighted by Crippen LogP contribution is -2.53. The van der Waals surface area contributed by atoms with Crippen LogP contribution in [0.25, 0.3) is 0 Å². The van der Waals surface area contributed by atoms with Crippen LogP contribution >= 0.6 is 0 Å². The summed E-state index contributed by atoms with van der Waals surface area (Å²) in [6.07, 6.45) is -4.27. The maximum absolute atomic E-state index is 9.11. The van der Waals surface area contributed by atoms with Gasteiger partial charge < -0.3 is 25.2 Å². The largest absolute Gasteiger partial charge is 0.394 e. The molecular formula is C6H12O5. The molecule has 0 bridgehead atoms. The van der Waals surface area contributed by atoms with Gasteiger partial charge in [-0.2, -0.15) is 0 Å². The first kappa shape index (κ1) is 8.89. The fourth-order valence-corrected chi connectivity index (χ4v) is 1.03. The van der Waals surface area contributed by atoms with Crippen molar-refractivity contribution < 1.29 is 25.2 Å². The molecule has 0 aromatic heterocycles. The Morgan fingerprint density at radius 2 is 1.82 bits per heavy atom. The Morgan fingerprint density at radius 1 is 1.18 bits per heavy atom. The zero-order valence-electron chi connectivity index (χ0n) is 5.92. The second kappa shape index (κ2) is 3.46. The molecule has 0 saturated carbocycles. The van der Waals surface area contributed by atoms with Gasteiger partial charge in [0.15, 0.2) is 0 Å². The molecule has 4 atom stereocenters. The Labute approximate surface area is 63.8 Å². The summed E-state index contributed by atoms with van der Waals surface area (Å²) < 4.78 is 4.81. The minimum absolute atomic E-state index is 0.0521. The van der Waals surface area contributed by atoms with Crippen molar-refractivity contribution >= 4 is 0 Å². The van der Waals surface area contributed by atoms with Crippen molar-refractivity contribution in [3.05, 3.63) is 0 Å². The number of aliphatic hydroxyl groups is 4. The summed E-state index contributed by atoms with van der Waals surface area (Å²) in [5.74, 6) is 0. The summed E-state index contributed by atoms with van der Waals surface area (Å²) in [5, 5.41) is 35.7. The van der Waals surface area contributed by atoms with Crippen molar-refractivity contribution in [1.29, 1.82) is 0 Å². The third-order valence-corrected chi connectivity index (χ3v) is 1.79. The lowest BCUT2D eigenvalue weighted by molar-refractivity contribution is -0.195. The molecule has 0 aromatic rings. The molecule has 0 amide bonds. The summed E-state index contributed by atoms with van der Waals surface area (Å²) in [5.41, 5.74) is 0. The summed E-state index contributed by atoms with van der Waals surface area (Å²) in [6, 6.07) is 0. The molecular weight excluding hydrogens is 152 g/mol. The van der Waals surface area contributed by atoms with Crippen LogP contribution in [-0.2, 0) is 4.74 Å². The highest BCUT2D eigenvalue weighted by atomic mass is 16.5. The molecule has 1 aliphatic heterocycles. The third-order valence-electron chi connectivity index (χ3n) is 1.79. The Kier molecular flexibility index (Phi) is 2.80. The molecule has 5 heteroatoms. The van der Waals surface area contributed by atoms with E-state index in [1.807, 2.05) is 0 Å². The van der Waals surface area contributed by atoms with Crippen molar-refractivity contribution in [2.75, 3.05) is 13.2 Å². The Bertz CT molecular complexity index is 126. The summed E-state index contributed by atoms with van der Waals surface area (Å²) in [6.45, 7) is -0.408. The Hall–Kier alpha value is -0.200. The summed E-state index contributed by atoms with van der Waals surface area (Å²) in [4.78, 5) is 0. The van der Waals surface area contributed by atoms with E-state index in [0.29, 0.717) is 0 Å². The minimum atomic E-state index is -1.22. The summed E-state index contributed by atoms with van der Waals surface area (Å²) in [7, 11) is 0. The molecule has 11 heavy (non-hydrogen) atoms. The highest BCUT2D eigenvalue weighted by Crippen LogP contribution is 2.14. The lowest BCUT2D eigenvalue weighted by Gasteiger charge is -2.34.